The second-order valence-corrected chi connectivity index (χ2v) is 11.1. The van der Waals surface area contributed by atoms with Crippen LogP contribution in [0.3, 0.4) is 0 Å². The van der Waals surface area contributed by atoms with Crippen LogP contribution < -0.4 is 10.6 Å². The fraction of sp³-hybridized carbons (Fsp3) is 0.424. The minimum Gasteiger partial charge on any atom is -0.392 e. The third kappa shape index (κ3) is 7.33. The van der Waals surface area contributed by atoms with Crippen molar-refractivity contribution < 1.29 is 24.5 Å². The molecule has 218 valence electrons. The van der Waals surface area contributed by atoms with Gasteiger partial charge in [0.15, 0.2) is 6.29 Å². The Bertz CT molecular complexity index is 1300. The van der Waals surface area contributed by atoms with Crippen LogP contribution in [0.1, 0.15) is 54.9 Å². The van der Waals surface area contributed by atoms with Gasteiger partial charge < -0.3 is 30.3 Å². The number of carbonyl (C=O) groups is 1. The smallest absolute Gasteiger partial charge is 0.315 e. The molecule has 4 N–H and O–H groups in total. The number of likely N-dealkylation sites (tertiary alicyclic amines) is 1. The van der Waals surface area contributed by atoms with E-state index in [9.17, 15) is 15.0 Å². The molecule has 0 spiro atoms. The molecule has 0 unspecified atom stereocenters. The van der Waals surface area contributed by atoms with Gasteiger partial charge >= 0.3 is 6.03 Å². The molecule has 0 radical (unpaired) electrons. The molecule has 3 aromatic rings. The summed E-state index contributed by atoms with van der Waals surface area (Å²) in [6.45, 7) is 7.32. The highest BCUT2D eigenvalue weighted by Gasteiger charge is 2.40. The van der Waals surface area contributed by atoms with Gasteiger partial charge in [0.05, 0.1) is 24.9 Å². The topological polar surface area (TPSA) is 103 Å². The van der Waals surface area contributed by atoms with Crippen LogP contribution in [0.4, 0.5) is 4.79 Å². The number of amides is 2. The maximum atomic E-state index is 11.8. The molecule has 41 heavy (non-hydrogen) atoms. The average molecular weight is 560 g/mol. The number of ether oxygens (including phenoxy) is 2. The first kappa shape index (κ1) is 29.2. The Hall–Kier alpha value is -3.27. The molecule has 5 rings (SSSR count). The second kappa shape index (κ2) is 13.6. The summed E-state index contributed by atoms with van der Waals surface area (Å²) in [5.41, 5.74) is 5.95. The van der Waals surface area contributed by atoms with E-state index in [1.165, 1.54) is 0 Å². The first-order valence-electron chi connectivity index (χ1n) is 14.6. The zero-order valence-electron chi connectivity index (χ0n) is 23.8. The highest BCUT2D eigenvalue weighted by molar-refractivity contribution is 5.74. The molecule has 0 aromatic heterocycles. The second-order valence-electron chi connectivity index (χ2n) is 11.1. The maximum Gasteiger partial charge on any atom is 0.315 e. The van der Waals surface area contributed by atoms with Crippen molar-refractivity contribution in [3.63, 3.8) is 0 Å². The van der Waals surface area contributed by atoms with E-state index in [0.717, 1.165) is 52.9 Å². The van der Waals surface area contributed by atoms with Crippen molar-refractivity contribution in [2.24, 2.45) is 5.92 Å². The molecule has 0 bridgehead atoms. The summed E-state index contributed by atoms with van der Waals surface area (Å²) < 4.78 is 13.3. The monoisotopic (exact) mass is 559 g/mol. The van der Waals surface area contributed by atoms with Gasteiger partial charge in [0.25, 0.3) is 0 Å². The molecule has 2 fully saturated rings. The Kier molecular flexibility index (Phi) is 9.69. The predicted molar refractivity (Wildman–Crippen MR) is 158 cm³/mol. The van der Waals surface area contributed by atoms with Crippen molar-refractivity contribution >= 4 is 6.03 Å². The van der Waals surface area contributed by atoms with Crippen molar-refractivity contribution in [2.45, 2.75) is 58.0 Å². The van der Waals surface area contributed by atoms with Crippen molar-refractivity contribution in [1.82, 2.24) is 15.5 Å². The van der Waals surface area contributed by atoms with Gasteiger partial charge in [-0.25, -0.2) is 4.79 Å². The number of benzene rings is 3. The van der Waals surface area contributed by atoms with E-state index in [2.05, 4.69) is 46.7 Å². The molecule has 0 saturated carbocycles. The van der Waals surface area contributed by atoms with Crippen molar-refractivity contribution in [2.75, 3.05) is 26.2 Å². The van der Waals surface area contributed by atoms with Crippen LogP contribution in [0.25, 0.3) is 11.1 Å². The van der Waals surface area contributed by atoms with E-state index in [-0.39, 0.29) is 36.9 Å². The number of nitrogens with one attached hydrogen (secondary N) is 2. The zero-order chi connectivity index (χ0) is 28.8. The van der Waals surface area contributed by atoms with Gasteiger partial charge in [0.1, 0.15) is 0 Å². The molecule has 3 aromatic carbocycles. The molecule has 2 heterocycles. The fourth-order valence-corrected chi connectivity index (χ4v) is 5.69. The summed E-state index contributed by atoms with van der Waals surface area (Å²) in [4.78, 5) is 14.1. The van der Waals surface area contributed by atoms with Crippen LogP contribution in [-0.2, 0) is 22.6 Å². The van der Waals surface area contributed by atoms with Crippen LogP contribution in [0.5, 0.6) is 0 Å². The Morgan fingerprint density at radius 2 is 1.71 bits per heavy atom. The lowest BCUT2D eigenvalue weighted by Gasteiger charge is -2.42. The van der Waals surface area contributed by atoms with Crippen LogP contribution in [0.2, 0.25) is 0 Å². The van der Waals surface area contributed by atoms with Gasteiger partial charge in [-0.3, -0.25) is 4.90 Å². The molecule has 2 amide bonds. The van der Waals surface area contributed by atoms with Gasteiger partial charge in [-0.1, -0.05) is 67.6 Å². The number of aliphatic hydroxyl groups is 2. The number of aliphatic hydroxyl groups excluding tert-OH is 2. The highest BCUT2D eigenvalue weighted by Crippen LogP contribution is 2.42. The molecule has 2 aliphatic heterocycles. The molecule has 0 aliphatic carbocycles. The minimum atomic E-state index is -0.561. The Morgan fingerprint density at radius 1 is 0.951 bits per heavy atom. The molecular formula is C33H41N3O5. The number of β-amino-alcohol motifs (C(OH)–C–C–N with tert-alkyl or cyclic N) is 1. The Balaban J connectivity index is 1.38. The summed E-state index contributed by atoms with van der Waals surface area (Å²) in [5, 5.41) is 25.3. The summed E-state index contributed by atoms with van der Waals surface area (Å²) in [6.07, 6.45) is -0.340. The first-order valence-corrected chi connectivity index (χ1v) is 14.6. The van der Waals surface area contributed by atoms with Gasteiger partial charge in [-0.15, -0.1) is 0 Å². The number of hydrogen-bond acceptors (Lipinski definition) is 6. The van der Waals surface area contributed by atoms with Crippen molar-refractivity contribution in [3.05, 3.63) is 95.1 Å². The number of rotatable bonds is 9. The number of carbonyl (C=O) groups excluding carboxylic acids is 1. The van der Waals surface area contributed by atoms with Gasteiger partial charge in [0.2, 0.25) is 0 Å². The zero-order valence-corrected chi connectivity index (χ0v) is 23.8. The summed E-state index contributed by atoms with van der Waals surface area (Å²) in [5.74, 6) is 0.0845. The van der Waals surface area contributed by atoms with E-state index in [1.807, 2.05) is 55.5 Å². The maximum absolute atomic E-state index is 11.8. The van der Waals surface area contributed by atoms with E-state index < -0.39 is 6.29 Å². The van der Waals surface area contributed by atoms with E-state index in [0.29, 0.717) is 19.6 Å². The Morgan fingerprint density at radius 3 is 2.41 bits per heavy atom. The number of nitrogens with zero attached hydrogens (tertiary/aromatic N) is 1. The fourth-order valence-electron chi connectivity index (χ4n) is 5.69. The van der Waals surface area contributed by atoms with Crippen LogP contribution >= 0.6 is 0 Å². The van der Waals surface area contributed by atoms with Crippen molar-refractivity contribution in [3.8, 4) is 11.1 Å². The number of urea groups is 1. The minimum absolute atomic E-state index is 0.00297. The van der Waals surface area contributed by atoms with Crippen LogP contribution in [-0.4, -0.2) is 59.5 Å². The van der Waals surface area contributed by atoms with Gasteiger partial charge in [-0.05, 0) is 53.3 Å². The molecule has 2 aliphatic rings. The standard InChI is InChI=1S/C33H41N3O5/c1-3-34-33(39)35-18-24-6-4-7-26(16-24)27-8-5-9-28(17-27)32-40-30(20-36-15-14-29(38)19-36)22(2)31(41-32)25-12-10-23(21-37)11-13-25/h4-13,16-17,22,29-32,37-38H,3,14-15,18-21H2,1-2H3,(H2,34,35,39)/t22-,29-,30+,31+,32+/m0/s1. The quantitative estimate of drug-likeness (QED) is 0.307. The van der Waals surface area contributed by atoms with Gasteiger partial charge in [0, 0.05) is 44.2 Å². The number of hydrogen-bond donors (Lipinski definition) is 4. The molecule has 5 atom stereocenters. The highest BCUT2D eigenvalue weighted by atomic mass is 16.7. The molecule has 8 heteroatoms. The molecule has 2 saturated heterocycles. The lowest BCUT2D eigenvalue weighted by Crippen LogP contribution is -2.44. The molecule has 8 nitrogen and oxygen atoms in total. The third-order valence-electron chi connectivity index (χ3n) is 8.02. The average Bonchev–Trinajstić information content (AvgIpc) is 3.42. The van der Waals surface area contributed by atoms with E-state index in [4.69, 9.17) is 9.47 Å². The van der Waals surface area contributed by atoms with Crippen LogP contribution in [0.15, 0.2) is 72.8 Å². The normalized spacial score (nSPS) is 24.7. The van der Waals surface area contributed by atoms with Gasteiger partial charge in [-0.2, -0.15) is 0 Å². The Labute approximate surface area is 242 Å². The first-order chi connectivity index (χ1) is 19.9. The summed E-state index contributed by atoms with van der Waals surface area (Å²) in [7, 11) is 0. The third-order valence-corrected chi connectivity index (χ3v) is 8.02. The largest absolute Gasteiger partial charge is 0.392 e. The van der Waals surface area contributed by atoms with Crippen LogP contribution in [0, 0.1) is 5.92 Å². The van der Waals surface area contributed by atoms with E-state index in [1.54, 1.807) is 0 Å². The summed E-state index contributed by atoms with van der Waals surface area (Å²) in [6, 6.07) is 24.1. The lowest BCUT2D eigenvalue weighted by molar-refractivity contribution is -0.276. The SMILES string of the molecule is CCNC(=O)NCc1cccc(-c2cccc([C@@H]3O[C@H](CN4CC[C@H](O)C4)[C@H](C)[C@H](c4ccc(CO)cc4)O3)c2)c1. The molecular weight excluding hydrogens is 518 g/mol. The predicted octanol–water partition coefficient (Wildman–Crippen LogP) is 4.52. The van der Waals surface area contributed by atoms with Crippen molar-refractivity contribution in [1.29, 1.82) is 0 Å². The van der Waals surface area contributed by atoms with E-state index >= 15 is 0 Å². The summed E-state index contributed by atoms with van der Waals surface area (Å²) >= 11 is 0. The lowest BCUT2D eigenvalue weighted by atomic mass is 9.90.